The molecule has 5 unspecified atom stereocenters. The van der Waals surface area contributed by atoms with E-state index in [-0.39, 0.29) is 0 Å². The van der Waals surface area contributed by atoms with Crippen LogP contribution < -0.4 is 0 Å². The van der Waals surface area contributed by atoms with E-state index in [1.165, 1.54) is 25.7 Å². The summed E-state index contributed by atoms with van der Waals surface area (Å²) in [6.45, 7) is 11.8. The fourth-order valence-electron chi connectivity index (χ4n) is 4.11. The Morgan fingerprint density at radius 1 is 0.944 bits per heavy atom. The Bertz CT molecular complexity index is 225. The van der Waals surface area contributed by atoms with E-state index in [0.717, 1.165) is 12.0 Å². The molecule has 0 spiro atoms. The van der Waals surface area contributed by atoms with Gasteiger partial charge in [0.1, 0.15) is 0 Å². The van der Waals surface area contributed by atoms with Crippen LogP contribution in [-0.4, -0.2) is 48.1 Å². The van der Waals surface area contributed by atoms with Crippen LogP contribution in [0.4, 0.5) is 0 Å². The zero-order valence-electron chi connectivity index (χ0n) is 13.6. The first kappa shape index (κ1) is 16.0. The number of hydrogen-bond donors (Lipinski definition) is 0. The molecule has 0 bridgehead atoms. The second kappa shape index (κ2) is 6.91. The van der Waals surface area contributed by atoms with Crippen molar-refractivity contribution in [1.29, 1.82) is 0 Å². The highest BCUT2D eigenvalue weighted by Gasteiger charge is 2.42. The molecule has 0 N–H and O–H groups in total. The first-order chi connectivity index (χ1) is 8.49. The molecule has 0 aromatic heterocycles. The lowest BCUT2D eigenvalue weighted by Gasteiger charge is -2.54. The van der Waals surface area contributed by atoms with Gasteiger partial charge in [-0.25, -0.2) is 0 Å². The maximum Gasteiger partial charge on any atom is 0.0277 e. The molecule has 1 saturated heterocycles. The van der Waals surface area contributed by atoms with E-state index in [1.54, 1.807) is 0 Å². The zero-order valence-corrected chi connectivity index (χ0v) is 13.6. The van der Waals surface area contributed by atoms with Gasteiger partial charge < -0.3 is 0 Å². The molecule has 1 fully saturated rings. The van der Waals surface area contributed by atoms with Crippen molar-refractivity contribution < 1.29 is 0 Å². The van der Waals surface area contributed by atoms with Crippen LogP contribution in [0.2, 0.25) is 0 Å². The third-order valence-corrected chi connectivity index (χ3v) is 5.41. The van der Waals surface area contributed by atoms with Crippen molar-refractivity contribution in [3.63, 3.8) is 0 Å². The third-order valence-electron chi connectivity index (χ3n) is 5.41. The summed E-state index contributed by atoms with van der Waals surface area (Å²) in [5, 5.41) is 0. The summed E-state index contributed by atoms with van der Waals surface area (Å²) < 4.78 is 0. The summed E-state index contributed by atoms with van der Waals surface area (Å²) in [6, 6.07) is 2.78. The first-order valence-corrected chi connectivity index (χ1v) is 7.93. The summed E-state index contributed by atoms with van der Waals surface area (Å²) in [7, 11) is 4.67. The molecule has 0 radical (unpaired) electrons. The molecule has 1 rings (SSSR count). The monoisotopic (exact) mass is 254 g/mol. The molecule has 2 heteroatoms. The minimum absolute atomic E-state index is 0.673. The van der Waals surface area contributed by atoms with Crippen molar-refractivity contribution in [3.8, 4) is 0 Å². The van der Waals surface area contributed by atoms with Gasteiger partial charge in [-0.2, -0.15) is 0 Å². The van der Waals surface area contributed by atoms with Gasteiger partial charge in [-0.1, -0.05) is 33.6 Å². The smallest absolute Gasteiger partial charge is 0.0277 e. The summed E-state index contributed by atoms with van der Waals surface area (Å²) in [4.78, 5) is 5.30. The van der Waals surface area contributed by atoms with Crippen molar-refractivity contribution in [3.05, 3.63) is 0 Å². The van der Waals surface area contributed by atoms with Gasteiger partial charge in [-0.05, 0) is 46.7 Å². The Balaban J connectivity index is 2.90. The Kier molecular flexibility index (Phi) is 6.13. The molecule has 108 valence electrons. The molecule has 1 aliphatic heterocycles. The molecular formula is C16H34N2. The van der Waals surface area contributed by atoms with Crippen LogP contribution >= 0.6 is 0 Å². The third kappa shape index (κ3) is 2.91. The van der Waals surface area contributed by atoms with Crippen LogP contribution in [0.5, 0.6) is 0 Å². The number of piperazine rings is 1. The standard InChI is InChI=1S/C16H34N2/c1-8-11-14(9-2)16-13(5)17(6)15(10-3)12(4)18(16)7/h12-16H,8-11H2,1-7H3. The van der Waals surface area contributed by atoms with E-state index in [1.807, 2.05) is 0 Å². The molecule has 0 amide bonds. The predicted octanol–water partition coefficient (Wildman–Crippen LogP) is 3.61. The highest BCUT2D eigenvalue weighted by Crippen LogP contribution is 2.33. The molecule has 1 aliphatic rings. The van der Waals surface area contributed by atoms with Gasteiger partial charge >= 0.3 is 0 Å². The van der Waals surface area contributed by atoms with Crippen molar-refractivity contribution in [1.82, 2.24) is 9.80 Å². The van der Waals surface area contributed by atoms with Gasteiger partial charge in [0.25, 0.3) is 0 Å². The molecule has 18 heavy (non-hydrogen) atoms. The van der Waals surface area contributed by atoms with E-state index >= 15 is 0 Å². The highest BCUT2D eigenvalue weighted by molar-refractivity contribution is 4.98. The van der Waals surface area contributed by atoms with Crippen molar-refractivity contribution in [2.45, 2.75) is 84.5 Å². The summed E-state index contributed by atoms with van der Waals surface area (Å²) in [5.41, 5.74) is 0. The van der Waals surface area contributed by atoms with Crippen molar-refractivity contribution >= 4 is 0 Å². The van der Waals surface area contributed by atoms with Crippen LogP contribution in [-0.2, 0) is 0 Å². The van der Waals surface area contributed by atoms with Crippen LogP contribution in [0, 0.1) is 5.92 Å². The molecule has 1 heterocycles. The number of nitrogens with zero attached hydrogens (tertiary/aromatic N) is 2. The number of hydrogen-bond acceptors (Lipinski definition) is 2. The largest absolute Gasteiger partial charge is 0.298 e. The highest BCUT2D eigenvalue weighted by atomic mass is 15.3. The average Bonchev–Trinajstić information content (AvgIpc) is 2.36. The molecule has 0 aromatic rings. The Hall–Kier alpha value is -0.0800. The summed E-state index contributed by atoms with van der Waals surface area (Å²) >= 11 is 0. The second-order valence-electron chi connectivity index (χ2n) is 6.24. The minimum atomic E-state index is 0.673. The zero-order chi connectivity index (χ0) is 13.9. The molecule has 0 aromatic carbocycles. The van der Waals surface area contributed by atoms with Gasteiger partial charge in [0, 0.05) is 24.2 Å². The van der Waals surface area contributed by atoms with Gasteiger partial charge in [-0.15, -0.1) is 0 Å². The Morgan fingerprint density at radius 3 is 2.00 bits per heavy atom. The maximum atomic E-state index is 2.67. The van der Waals surface area contributed by atoms with Crippen molar-refractivity contribution in [2.75, 3.05) is 14.1 Å². The lowest BCUT2D eigenvalue weighted by atomic mass is 9.82. The molecule has 0 saturated carbocycles. The lowest BCUT2D eigenvalue weighted by molar-refractivity contribution is -0.0499. The van der Waals surface area contributed by atoms with E-state index < -0.39 is 0 Å². The molecule has 0 aliphatic carbocycles. The number of rotatable bonds is 5. The summed E-state index contributed by atoms with van der Waals surface area (Å²) in [5.74, 6) is 0.845. The average molecular weight is 254 g/mol. The van der Waals surface area contributed by atoms with Crippen molar-refractivity contribution in [2.24, 2.45) is 5.92 Å². The normalized spacial score (nSPS) is 36.8. The number of likely N-dealkylation sites (N-methyl/N-ethyl adjacent to an activating group) is 2. The Labute approximate surface area is 115 Å². The molecule has 2 nitrogen and oxygen atoms in total. The fraction of sp³-hybridized carbons (Fsp3) is 1.00. The van der Waals surface area contributed by atoms with Crippen LogP contribution in [0.3, 0.4) is 0 Å². The van der Waals surface area contributed by atoms with Crippen LogP contribution in [0.25, 0.3) is 0 Å². The van der Waals surface area contributed by atoms with Gasteiger partial charge in [0.05, 0.1) is 0 Å². The van der Waals surface area contributed by atoms with E-state index in [0.29, 0.717) is 18.1 Å². The topological polar surface area (TPSA) is 6.48 Å². The minimum Gasteiger partial charge on any atom is -0.298 e. The van der Waals surface area contributed by atoms with E-state index in [4.69, 9.17) is 0 Å². The van der Waals surface area contributed by atoms with Crippen LogP contribution in [0.1, 0.15) is 60.3 Å². The van der Waals surface area contributed by atoms with Gasteiger partial charge in [-0.3, -0.25) is 9.80 Å². The van der Waals surface area contributed by atoms with E-state index in [9.17, 15) is 0 Å². The maximum absolute atomic E-state index is 2.67. The van der Waals surface area contributed by atoms with Gasteiger partial charge in [0.15, 0.2) is 0 Å². The first-order valence-electron chi connectivity index (χ1n) is 7.93. The SMILES string of the molecule is CCCC(CC)C1C(C)N(C)C(CC)C(C)N1C. The molecular weight excluding hydrogens is 220 g/mol. The molecule has 5 atom stereocenters. The van der Waals surface area contributed by atoms with Crippen LogP contribution in [0.15, 0.2) is 0 Å². The summed E-state index contributed by atoms with van der Waals surface area (Å²) in [6.07, 6.45) is 5.24. The second-order valence-corrected chi connectivity index (χ2v) is 6.24. The van der Waals surface area contributed by atoms with E-state index in [2.05, 4.69) is 58.5 Å². The van der Waals surface area contributed by atoms with Gasteiger partial charge in [0.2, 0.25) is 0 Å². The predicted molar refractivity (Wildman–Crippen MR) is 81.0 cm³/mol. The quantitative estimate of drug-likeness (QED) is 0.739. The fourth-order valence-corrected chi connectivity index (χ4v) is 4.11. The Morgan fingerprint density at radius 2 is 1.56 bits per heavy atom. The lowest BCUT2D eigenvalue weighted by Crippen LogP contribution is -2.66.